The molecule has 0 bridgehead atoms. The van der Waals surface area contributed by atoms with Crippen molar-refractivity contribution in [3.63, 3.8) is 0 Å². The highest BCUT2D eigenvalue weighted by Gasteiger charge is 2.17. The van der Waals surface area contributed by atoms with Crippen LogP contribution in [0.4, 0.5) is 10.5 Å². The van der Waals surface area contributed by atoms with Gasteiger partial charge in [0.1, 0.15) is 5.60 Å². The van der Waals surface area contributed by atoms with Crippen LogP contribution >= 0.6 is 11.6 Å². The molecule has 0 atom stereocenters. The molecule has 5 heteroatoms. The molecule has 0 unspecified atom stereocenters. The highest BCUT2D eigenvalue weighted by molar-refractivity contribution is 6.30. The van der Waals surface area contributed by atoms with Crippen molar-refractivity contribution in [2.75, 3.05) is 18.9 Å². The zero-order valence-electron chi connectivity index (χ0n) is 12.8. The number of hydrogen-bond donors (Lipinski definition) is 1. The predicted molar refractivity (Wildman–Crippen MR) is 83.3 cm³/mol. The van der Waals surface area contributed by atoms with Gasteiger partial charge in [-0.3, -0.25) is 5.32 Å². The van der Waals surface area contributed by atoms with Crippen molar-refractivity contribution >= 4 is 23.4 Å². The van der Waals surface area contributed by atoms with Gasteiger partial charge in [-0.1, -0.05) is 18.5 Å². The van der Waals surface area contributed by atoms with Gasteiger partial charge < -0.3 is 9.64 Å². The van der Waals surface area contributed by atoms with Crippen LogP contribution in [0.2, 0.25) is 5.02 Å². The minimum atomic E-state index is -0.517. The summed E-state index contributed by atoms with van der Waals surface area (Å²) in [6.45, 7) is 9.20. The van der Waals surface area contributed by atoms with Crippen molar-refractivity contribution in [3.05, 3.63) is 28.8 Å². The van der Waals surface area contributed by atoms with Gasteiger partial charge in [0.05, 0.1) is 0 Å². The molecule has 1 aromatic carbocycles. The van der Waals surface area contributed by atoms with Crippen LogP contribution in [0.5, 0.6) is 0 Å². The Morgan fingerprint density at radius 3 is 2.60 bits per heavy atom. The second kappa shape index (κ2) is 6.95. The summed E-state index contributed by atoms with van der Waals surface area (Å²) in [6, 6.07) is 5.41. The third kappa shape index (κ3) is 5.80. The molecular formula is C15H23ClN2O2. The number of nitrogens with zero attached hydrogens (tertiary/aromatic N) is 1. The predicted octanol–water partition coefficient (Wildman–Crippen LogP) is 4.14. The molecule has 20 heavy (non-hydrogen) atoms. The van der Waals surface area contributed by atoms with E-state index in [-0.39, 0.29) is 0 Å². The van der Waals surface area contributed by atoms with Crippen LogP contribution in [0, 0.1) is 0 Å². The van der Waals surface area contributed by atoms with E-state index in [1.807, 2.05) is 33.9 Å². The van der Waals surface area contributed by atoms with Crippen molar-refractivity contribution in [2.24, 2.45) is 0 Å². The maximum absolute atomic E-state index is 11.8. The first kappa shape index (κ1) is 16.8. The fourth-order valence-electron chi connectivity index (χ4n) is 1.63. The van der Waals surface area contributed by atoms with Crippen molar-refractivity contribution in [3.8, 4) is 0 Å². The summed E-state index contributed by atoms with van der Waals surface area (Å²) in [7, 11) is 2.01. The summed E-state index contributed by atoms with van der Waals surface area (Å²) >= 11 is 6.02. The fourth-order valence-corrected chi connectivity index (χ4v) is 1.83. The number of amides is 1. The topological polar surface area (TPSA) is 41.6 Å². The maximum Gasteiger partial charge on any atom is 0.412 e. The van der Waals surface area contributed by atoms with Crippen molar-refractivity contribution in [1.82, 2.24) is 4.90 Å². The number of ether oxygens (including phenoxy) is 1. The Kier molecular flexibility index (Phi) is 5.84. The summed E-state index contributed by atoms with van der Waals surface area (Å²) in [5, 5.41) is 3.43. The van der Waals surface area contributed by atoms with E-state index in [0.29, 0.717) is 11.6 Å². The van der Waals surface area contributed by atoms with Gasteiger partial charge in [0.2, 0.25) is 0 Å². The number of nitrogens with one attached hydrogen (secondary N) is 1. The molecule has 0 saturated heterocycles. The van der Waals surface area contributed by atoms with E-state index in [1.165, 1.54) is 0 Å². The maximum atomic E-state index is 11.8. The summed E-state index contributed by atoms with van der Waals surface area (Å²) < 4.78 is 5.26. The first-order valence-electron chi connectivity index (χ1n) is 6.68. The van der Waals surface area contributed by atoms with Gasteiger partial charge in [-0.25, -0.2) is 4.79 Å². The lowest BCUT2D eigenvalue weighted by molar-refractivity contribution is 0.0635. The monoisotopic (exact) mass is 298 g/mol. The highest BCUT2D eigenvalue weighted by atomic mass is 35.5. The summed E-state index contributed by atoms with van der Waals surface area (Å²) in [6.07, 6.45) is -0.458. The van der Waals surface area contributed by atoms with Crippen molar-refractivity contribution in [1.29, 1.82) is 0 Å². The van der Waals surface area contributed by atoms with Gasteiger partial charge in [-0.15, -0.1) is 0 Å². The largest absolute Gasteiger partial charge is 0.444 e. The zero-order chi connectivity index (χ0) is 15.3. The van der Waals surface area contributed by atoms with E-state index < -0.39 is 11.7 Å². The second-order valence-electron chi connectivity index (χ2n) is 5.76. The second-order valence-corrected chi connectivity index (χ2v) is 6.20. The molecular weight excluding hydrogens is 276 g/mol. The Morgan fingerprint density at radius 1 is 1.40 bits per heavy atom. The number of anilines is 1. The third-order valence-corrected chi connectivity index (χ3v) is 2.92. The minimum Gasteiger partial charge on any atom is -0.444 e. The van der Waals surface area contributed by atoms with Crippen LogP contribution < -0.4 is 5.32 Å². The van der Waals surface area contributed by atoms with E-state index >= 15 is 0 Å². The van der Waals surface area contributed by atoms with Crippen LogP contribution in [0.3, 0.4) is 0 Å². The number of rotatable bonds is 4. The molecule has 1 N–H and O–H groups in total. The third-order valence-electron chi connectivity index (χ3n) is 2.68. The molecule has 1 aromatic rings. The molecule has 0 aromatic heterocycles. The Balaban J connectivity index is 2.86. The minimum absolute atomic E-state index is 0.458. The average molecular weight is 299 g/mol. The van der Waals surface area contributed by atoms with Gasteiger partial charge in [0, 0.05) is 17.3 Å². The van der Waals surface area contributed by atoms with Crippen LogP contribution in [0.25, 0.3) is 0 Å². The molecule has 0 saturated carbocycles. The van der Waals surface area contributed by atoms with Gasteiger partial charge >= 0.3 is 6.09 Å². The fraction of sp³-hybridized carbons (Fsp3) is 0.533. The molecule has 1 rings (SSSR count). The molecule has 4 nitrogen and oxygen atoms in total. The Morgan fingerprint density at radius 2 is 2.05 bits per heavy atom. The molecule has 112 valence electrons. The van der Waals surface area contributed by atoms with E-state index in [0.717, 1.165) is 17.8 Å². The van der Waals surface area contributed by atoms with Gasteiger partial charge in [0.15, 0.2) is 0 Å². The molecule has 0 heterocycles. The number of hydrogen-bond acceptors (Lipinski definition) is 3. The molecule has 0 spiro atoms. The Labute approximate surface area is 126 Å². The zero-order valence-corrected chi connectivity index (χ0v) is 13.5. The quantitative estimate of drug-likeness (QED) is 0.908. The molecule has 0 fully saturated rings. The Hall–Kier alpha value is -1.26. The SMILES string of the molecule is CCN(C)Cc1cc(Cl)ccc1NC(=O)OC(C)(C)C. The molecule has 1 amide bonds. The smallest absolute Gasteiger partial charge is 0.412 e. The lowest BCUT2D eigenvalue weighted by atomic mass is 10.1. The lowest BCUT2D eigenvalue weighted by Gasteiger charge is -2.21. The van der Waals surface area contributed by atoms with E-state index in [9.17, 15) is 4.79 Å². The van der Waals surface area contributed by atoms with Crippen LogP contribution in [-0.2, 0) is 11.3 Å². The van der Waals surface area contributed by atoms with E-state index in [2.05, 4.69) is 17.1 Å². The molecule has 0 aliphatic carbocycles. The van der Waals surface area contributed by atoms with Gasteiger partial charge in [-0.05, 0) is 58.1 Å². The van der Waals surface area contributed by atoms with Crippen molar-refractivity contribution in [2.45, 2.75) is 39.8 Å². The first-order chi connectivity index (χ1) is 9.21. The summed E-state index contributed by atoms with van der Waals surface area (Å²) in [4.78, 5) is 14.0. The van der Waals surface area contributed by atoms with Gasteiger partial charge in [0.25, 0.3) is 0 Å². The molecule has 0 aliphatic heterocycles. The van der Waals surface area contributed by atoms with E-state index in [1.54, 1.807) is 12.1 Å². The van der Waals surface area contributed by atoms with E-state index in [4.69, 9.17) is 16.3 Å². The lowest BCUT2D eigenvalue weighted by Crippen LogP contribution is -2.28. The van der Waals surface area contributed by atoms with Gasteiger partial charge in [-0.2, -0.15) is 0 Å². The standard InChI is InChI=1S/C15H23ClN2O2/c1-6-18(5)10-11-9-12(16)7-8-13(11)17-14(19)20-15(2,3)4/h7-9H,6,10H2,1-5H3,(H,17,19). The van der Waals surface area contributed by atoms with Crippen LogP contribution in [0.15, 0.2) is 18.2 Å². The number of halogens is 1. The van der Waals surface area contributed by atoms with Crippen LogP contribution in [-0.4, -0.2) is 30.2 Å². The molecule has 0 radical (unpaired) electrons. The Bertz CT molecular complexity index is 469. The normalized spacial score (nSPS) is 11.6. The first-order valence-corrected chi connectivity index (χ1v) is 7.06. The number of carbonyl (C=O) groups excluding carboxylic acids is 1. The van der Waals surface area contributed by atoms with Crippen molar-refractivity contribution < 1.29 is 9.53 Å². The summed E-state index contributed by atoms with van der Waals surface area (Å²) in [5.41, 5.74) is 1.17. The van der Waals surface area contributed by atoms with Crippen LogP contribution in [0.1, 0.15) is 33.3 Å². The number of carbonyl (C=O) groups is 1. The average Bonchev–Trinajstić information content (AvgIpc) is 2.30. The molecule has 0 aliphatic rings. The number of benzene rings is 1. The summed E-state index contributed by atoms with van der Waals surface area (Å²) in [5.74, 6) is 0. The highest BCUT2D eigenvalue weighted by Crippen LogP contribution is 2.22.